The van der Waals surface area contributed by atoms with Crippen molar-refractivity contribution in [3.63, 3.8) is 0 Å². The fourth-order valence-electron chi connectivity index (χ4n) is 5.44. The van der Waals surface area contributed by atoms with Gasteiger partial charge in [0, 0.05) is 11.3 Å². The minimum absolute atomic E-state index is 0.00588. The maximum Gasteiger partial charge on any atom is 0.164 e. The molecule has 0 bridgehead atoms. The zero-order valence-electron chi connectivity index (χ0n) is 14.8. The van der Waals surface area contributed by atoms with Crippen LogP contribution in [0.5, 0.6) is 0 Å². The number of fused-ring (bicyclic) bond motifs is 3. The topological polar surface area (TPSA) is 38.7 Å². The van der Waals surface area contributed by atoms with Crippen molar-refractivity contribution in [3.8, 4) is 0 Å². The van der Waals surface area contributed by atoms with Crippen LogP contribution in [-0.2, 0) is 9.47 Å². The highest BCUT2D eigenvalue weighted by Crippen LogP contribution is 2.62. The molecule has 124 valence electrons. The molecule has 0 amide bonds. The molecule has 22 heavy (non-hydrogen) atoms. The molecule has 1 saturated carbocycles. The Kier molecular flexibility index (Phi) is 3.46. The number of rotatable bonds is 1. The highest BCUT2D eigenvalue weighted by molar-refractivity contribution is 5.40. The van der Waals surface area contributed by atoms with Gasteiger partial charge in [0.15, 0.2) is 5.79 Å². The van der Waals surface area contributed by atoms with Crippen LogP contribution in [0.4, 0.5) is 0 Å². The highest BCUT2D eigenvalue weighted by Gasteiger charge is 2.63. The van der Waals surface area contributed by atoms with Crippen LogP contribution in [0.3, 0.4) is 0 Å². The minimum atomic E-state index is -0.577. The van der Waals surface area contributed by atoms with Crippen molar-refractivity contribution < 1.29 is 14.6 Å². The quantitative estimate of drug-likeness (QED) is 0.800. The molecule has 2 fully saturated rings. The number of allylic oxidation sites excluding steroid dienone is 1. The molecule has 3 aliphatic rings. The summed E-state index contributed by atoms with van der Waals surface area (Å²) < 4.78 is 12.5. The third-order valence-corrected chi connectivity index (χ3v) is 6.34. The van der Waals surface area contributed by atoms with Crippen LogP contribution in [0.25, 0.3) is 0 Å². The van der Waals surface area contributed by atoms with Crippen LogP contribution in [0.2, 0.25) is 0 Å². The molecule has 3 nitrogen and oxygen atoms in total. The lowest BCUT2D eigenvalue weighted by Crippen LogP contribution is -2.60. The highest BCUT2D eigenvalue weighted by atomic mass is 16.8. The molecule has 2 aliphatic carbocycles. The summed E-state index contributed by atoms with van der Waals surface area (Å²) >= 11 is 0. The van der Waals surface area contributed by atoms with Crippen molar-refractivity contribution in [3.05, 3.63) is 23.8 Å². The Labute approximate surface area is 134 Å². The number of aliphatic hydroxyl groups excluding tert-OH is 1. The second kappa shape index (κ2) is 4.68. The maximum atomic E-state index is 10.9. The SMILES string of the molecule is C=CC1=C(C)[C@H]2OC(C)(C)O[C@H]2[C@H]2C(C)(C)CC[C@H](O)[C@]12C. The van der Waals surface area contributed by atoms with Gasteiger partial charge < -0.3 is 14.6 Å². The van der Waals surface area contributed by atoms with E-state index in [2.05, 4.69) is 34.3 Å². The third-order valence-electron chi connectivity index (χ3n) is 6.34. The Bertz CT molecular complexity index is 531. The van der Waals surface area contributed by atoms with Gasteiger partial charge in [-0.15, -0.1) is 0 Å². The number of aliphatic hydroxyl groups is 1. The van der Waals surface area contributed by atoms with Crippen LogP contribution in [0.1, 0.15) is 54.4 Å². The lowest BCUT2D eigenvalue weighted by molar-refractivity contribution is -0.176. The van der Waals surface area contributed by atoms with Gasteiger partial charge in [0.2, 0.25) is 0 Å². The average Bonchev–Trinajstić information content (AvgIpc) is 2.70. The summed E-state index contributed by atoms with van der Waals surface area (Å²) in [5, 5.41) is 10.9. The van der Waals surface area contributed by atoms with E-state index in [1.54, 1.807) is 0 Å². The van der Waals surface area contributed by atoms with Crippen LogP contribution in [0.15, 0.2) is 23.8 Å². The molecule has 1 aliphatic heterocycles. The van der Waals surface area contributed by atoms with Gasteiger partial charge in [-0.25, -0.2) is 0 Å². The van der Waals surface area contributed by atoms with Crippen molar-refractivity contribution >= 4 is 0 Å². The van der Waals surface area contributed by atoms with E-state index in [4.69, 9.17) is 9.47 Å². The molecule has 0 aromatic carbocycles. The molecule has 5 atom stereocenters. The zero-order valence-corrected chi connectivity index (χ0v) is 14.8. The van der Waals surface area contributed by atoms with E-state index in [9.17, 15) is 5.11 Å². The molecular weight excluding hydrogens is 276 g/mol. The molecule has 3 rings (SSSR count). The van der Waals surface area contributed by atoms with Gasteiger partial charge in [-0.2, -0.15) is 0 Å². The molecule has 0 radical (unpaired) electrons. The minimum Gasteiger partial charge on any atom is -0.392 e. The first-order valence-corrected chi connectivity index (χ1v) is 8.42. The molecule has 0 spiro atoms. The summed E-state index contributed by atoms with van der Waals surface area (Å²) in [6.45, 7) is 16.9. The first kappa shape index (κ1) is 16.2. The van der Waals surface area contributed by atoms with Crippen molar-refractivity contribution in [2.75, 3.05) is 0 Å². The largest absolute Gasteiger partial charge is 0.392 e. The van der Waals surface area contributed by atoms with E-state index >= 15 is 0 Å². The summed E-state index contributed by atoms with van der Waals surface area (Å²) in [7, 11) is 0. The van der Waals surface area contributed by atoms with E-state index in [0.29, 0.717) is 0 Å². The smallest absolute Gasteiger partial charge is 0.164 e. The molecule has 1 N–H and O–H groups in total. The van der Waals surface area contributed by atoms with E-state index in [0.717, 1.165) is 18.4 Å². The summed E-state index contributed by atoms with van der Waals surface area (Å²) in [4.78, 5) is 0. The van der Waals surface area contributed by atoms with E-state index in [1.165, 1.54) is 5.57 Å². The Balaban J connectivity index is 2.21. The maximum absolute atomic E-state index is 10.9. The molecular formula is C19H30O3. The summed E-state index contributed by atoms with van der Waals surface area (Å²) in [5.41, 5.74) is 2.09. The normalized spacial score (nSPS) is 46.1. The van der Waals surface area contributed by atoms with E-state index < -0.39 is 5.79 Å². The van der Waals surface area contributed by atoms with Gasteiger partial charge in [-0.1, -0.05) is 33.4 Å². The van der Waals surface area contributed by atoms with Gasteiger partial charge in [-0.3, -0.25) is 0 Å². The van der Waals surface area contributed by atoms with Crippen molar-refractivity contribution in [2.24, 2.45) is 16.7 Å². The van der Waals surface area contributed by atoms with E-state index in [-0.39, 0.29) is 35.1 Å². The Morgan fingerprint density at radius 3 is 2.41 bits per heavy atom. The zero-order chi connectivity index (χ0) is 16.5. The molecule has 1 saturated heterocycles. The van der Waals surface area contributed by atoms with Crippen molar-refractivity contribution in [1.82, 2.24) is 0 Å². The Morgan fingerprint density at radius 1 is 1.18 bits per heavy atom. The Morgan fingerprint density at radius 2 is 1.82 bits per heavy atom. The number of hydrogen-bond donors (Lipinski definition) is 1. The second-order valence-corrected chi connectivity index (χ2v) is 8.62. The summed E-state index contributed by atoms with van der Waals surface area (Å²) in [6, 6.07) is 0. The third kappa shape index (κ3) is 1.98. The number of ether oxygens (including phenoxy) is 2. The fourth-order valence-corrected chi connectivity index (χ4v) is 5.44. The Hall–Kier alpha value is -0.640. The van der Waals surface area contributed by atoms with Crippen LogP contribution in [0, 0.1) is 16.7 Å². The molecule has 0 aromatic heterocycles. The lowest BCUT2D eigenvalue weighted by atomic mass is 9.48. The van der Waals surface area contributed by atoms with Crippen molar-refractivity contribution in [1.29, 1.82) is 0 Å². The summed E-state index contributed by atoms with van der Waals surface area (Å²) in [6.07, 6.45) is 3.36. The molecule has 1 heterocycles. The second-order valence-electron chi connectivity index (χ2n) is 8.62. The first-order valence-electron chi connectivity index (χ1n) is 8.42. The van der Waals surface area contributed by atoms with Gasteiger partial charge in [0.05, 0.1) is 12.2 Å². The van der Waals surface area contributed by atoms with Gasteiger partial charge in [0.1, 0.15) is 6.10 Å². The average molecular weight is 306 g/mol. The molecule has 0 unspecified atom stereocenters. The fraction of sp³-hybridized carbons (Fsp3) is 0.789. The van der Waals surface area contributed by atoms with Gasteiger partial charge >= 0.3 is 0 Å². The monoisotopic (exact) mass is 306 g/mol. The molecule has 3 heteroatoms. The van der Waals surface area contributed by atoms with Crippen LogP contribution < -0.4 is 0 Å². The summed E-state index contributed by atoms with van der Waals surface area (Å²) in [5.74, 6) is -0.362. The first-order chi connectivity index (χ1) is 10.0. The van der Waals surface area contributed by atoms with Crippen LogP contribution in [-0.4, -0.2) is 29.2 Å². The van der Waals surface area contributed by atoms with Crippen LogP contribution >= 0.6 is 0 Å². The molecule has 0 aromatic rings. The number of hydrogen-bond acceptors (Lipinski definition) is 3. The predicted molar refractivity (Wildman–Crippen MR) is 87.3 cm³/mol. The van der Waals surface area contributed by atoms with Crippen molar-refractivity contribution in [2.45, 2.75) is 78.5 Å². The lowest BCUT2D eigenvalue weighted by Gasteiger charge is -2.59. The predicted octanol–water partition coefficient (Wildman–Crippen LogP) is 3.83. The van der Waals surface area contributed by atoms with Gasteiger partial charge in [-0.05, 0) is 50.2 Å². The van der Waals surface area contributed by atoms with E-state index in [1.807, 2.05) is 19.9 Å². The standard InChI is InChI=1S/C19H30O3/c1-8-12-11(2)14-15(22-18(5,6)21-14)16-17(3,4)10-9-13(20)19(12,16)7/h8,13-16,20H,1,9-10H2,2-7H3/t13-,14+,15+,16-,19-/m0/s1. The van der Waals surface area contributed by atoms with Gasteiger partial charge in [0.25, 0.3) is 0 Å².